The molecule has 2 atom stereocenters. The van der Waals surface area contributed by atoms with Gasteiger partial charge >= 0.3 is 0 Å². The van der Waals surface area contributed by atoms with E-state index in [1.807, 2.05) is 6.07 Å². The molecule has 2 unspecified atom stereocenters. The highest BCUT2D eigenvalue weighted by molar-refractivity contribution is 9.10. The summed E-state index contributed by atoms with van der Waals surface area (Å²) in [5, 5.41) is 0. The van der Waals surface area contributed by atoms with Gasteiger partial charge in [-0.2, -0.15) is 0 Å². The monoisotopic (exact) mass is 269 g/mol. The van der Waals surface area contributed by atoms with E-state index in [0.29, 0.717) is 0 Å². The van der Waals surface area contributed by atoms with Crippen LogP contribution in [0.15, 0.2) is 17.0 Å². The van der Waals surface area contributed by atoms with Crippen LogP contribution in [0.3, 0.4) is 0 Å². The normalized spacial score (nSPS) is 26.7. The minimum atomic E-state index is 0.743. The Morgan fingerprint density at radius 3 is 2.80 bits per heavy atom. The number of halogens is 1. The first kappa shape index (κ1) is 10.9. The molecular weight excluding hydrogens is 254 g/mol. The highest BCUT2D eigenvalue weighted by atomic mass is 79.9. The van der Waals surface area contributed by atoms with Crippen LogP contribution >= 0.6 is 15.9 Å². The molecule has 0 amide bonds. The largest absolute Gasteiger partial charge is 0.356 e. The lowest BCUT2D eigenvalue weighted by atomic mass is 9.89. The van der Waals surface area contributed by atoms with Gasteiger partial charge in [-0.25, -0.2) is 9.97 Å². The second kappa shape index (κ2) is 4.47. The molecule has 1 saturated heterocycles. The third-order valence-electron chi connectivity index (χ3n) is 3.28. The van der Waals surface area contributed by atoms with Crippen LogP contribution in [0.2, 0.25) is 0 Å². The first-order valence-corrected chi connectivity index (χ1v) is 6.18. The number of piperidine rings is 1. The molecule has 1 fully saturated rings. The molecule has 82 valence electrons. The van der Waals surface area contributed by atoms with E-state index in [4.69, 9.17) is 0 Å². The summed E-state index contributed by atoms with van der Waals surface area (Å²) in [7, 11) is 0. The van der Waals surface area contributed by atoms with Gasteiger partial charge in [-0.3, -0.25) is 0 Å². The van der Waals surface area contributed by atoms with Crippen molar-refractivity contribution < 1.29 is 0 Å². The molecule has 0 spiro atoms. The summed E-state index contributed by atoms with van der Waals surface area (Å²) in [6, 6.07) is 1.99. The summed E-state index contributed by atoms with van der Waals surface area (Å²) in [4.78, 5) is 10.7. The van der Waals surface area contributed by atoms with Gasteiger partial charge in [0, 0.05) is 19.2 Å². The Kier molecular flexibility index (Phi) is 3.24. The van der Waals surface area contributed by atoms with Crippen LogP contribution in [0.5, 0.6) is 0 Å². The van der Waals surface area contributed by atoms with E-state index in [-0.39, 0.29) is 0 Å². The topological polar surface area (TPSA) is 29.0 Å². The molecule has 0 saturated carbocycles. The van der Waals surface area contributed by atoms with Gasteiger partial charge in [-0.15, -0.1) is 0 Å². The van der Waals surface area contributed by atoms with E-state index < -0.39 is 0 Å². The lowest BCUT2D eigenvalue weighted by Gasteiger charge is -2.35. The Bertz CT molecular complexity index is 342. The molecule has 0 bridgehead atoms. The summed E-state index contributed by atoms with van der Waals surface area (Å²) in [6.45, 7) is 6.85. The van der Waals surface area contributed by atoms with E-state index >= 15 is 0 Å². The maximum atomic E-state index is 4.31. The lowest BCUT2D eigenvalue weighted by Crippen LogP contribution is -2.38. The van der Waals surface area contributed by atoms with E-state index in [1.165, 1.54) is 6.42 Å². The van der Waals surface area contributed by atoms with Crippen molar-refractivity contribution in [1.29, 1.82) is 0 Å². The molecule has 1 aromatic heterocycles. The lowest BCUT2D eigenvalue weighted by molar-refractivity contribution is 0.322. The fourth-order valence-electron chi connectivity index (χ4n) is 1.97. The minimum Gasteiger partial charge on any atom is -0.356 e. The van der Waals surface area contributed by atoms with Crippen LogP contribution in [0.1, 0.15) is 20.3 Å². The smallest absolute Gasteiger partial charge is 0.133 e. The molecule has 0 radical (unpaired) electrons. The third kappa shape index (κ3) is 2.48. The Morgan fingerprint density at radius 1 is 1.33 bits per heavy atom. The number of hydrogen-bond acceptors (Lipinski definition) is 3. The molecule has 2 rings (SSSR count). The summed E-state index contributed by atoms with van der Waals surface area (Å²) in [6.07, 6.45) is 2.87. The molecule has 0 aliphatic carbocycles. The maximum Gasteiger partial charge on any atom is 0.133 e. The number of anilines is 1. The van der Waals surface area contributed by atoms with Gasteiger partial charge in [0.1, 0.15) is 16.7 Å². The summed E-state index contributed by atoms with van der Waals surface area (Å²) in [5.74, 6) is 2.61. The highest BCUT2D eigenvalue weighted by Gasteiger charge is 2.23. The Balaban J connectivity index is 2.12. The van der Waals surface area contributed by atoms with Gasteiger partial charge in [-0.05, 0) is 34.2 Å². The first-order valence-electron chi connectivity index (χ1n) is 5.39. The quantitative estimate of drug-likeness (QED) is 0.735. The molecule has 1 aromatic rings. The van der Waals surface area contributed by atoms with Crippen molar-refractivity contribution in [1.82, 2.24) is 9.97 Å². The summed E-state index contributed by atoms with van der Waals surface area (Å²) >= 11 is 3.38. The third-order valence-corrected chi connectivity index (χ3v) is 3.71. The van der Waals surface area contributed by atoms with Gasteiger partial charge in [-0.1, -0.05) is 13.8 Å². The van der Waals surface area contributed by atoms with Crippen LogP contribution in [0, 0.1) is 11.8 Å². The summed E-state index contributed by atoms with van der Waals surface area (Å²) in [5.41, 5.74) is 0. The molecule has 0 N–H and O–H groups in total. The van der Waals surface area contributed by atoms with Gasteiger partial charge in [0.25, 0.3) is 0 Å². The van der Waals surface area contributed by atoms with Gasteiger partial charge in [0.05, 0.1) is 0 Å². The maximum absolute atomic E-state index is 4.31. The van der Waals surface area contributed by atoms with Crippen molar-refractivity contribution in [3.8, 4) is 0 Å². The number of hydrogen-bond donors (Lipinski definition) is 0. The van der Waals surface area contributed by atoms with Gasteiger partial charge in [0.15, 0.2) is 0 Å². The molecule has 3 nitrogen and oxygen atoms in total. The van der Waals surface area contributed by atoms with Crippen molar-refractivity contribution in [3.63, 3.8) is 0 Å². The Hall–Kier alpha value is -0.640. The predicted octanol–water partition coefficient (Wildman–Crippen LogP) is 2.72. The zero-order valence-corrected chi connectivity index (χ0v) is 10.7. The molecule has 0 aromatic carbocycles. The molecule has 1 aliphatic rings. The Morgan fingerprint density at radius 2 is 2.13 bits per heavy atom. The fraction of sp³-hybridized carbons (Fsp3) is 0.636. The van der Waals surface area contributed by atoms with Crippen LogP contribution in [0.4, 0.5) is 5.82 Å². The first-order chi connectivity index (χ1) is 7.16. The van der Waals surface area contributed by atoms with Gasteiger partial charge in [0.2, 0.25) is 0 Å². The number of nitrogens with zero attached hydrogens (tertiary/aromatic N) is 3. The average Bonchev–Trinajstić information content (AvgIpc) is 2.22. The highest BCUT2D eigenvalue weighted by Crippen LogP contribution is 2.26. The second-order valence-corrected chi connectivity index (χ2v) is 5.20. The SMILES string of the molecule is CC1CCN(c2cc(Br)ncn2)CC1C. The van der Waals surface area contributed by atoms with Crippen molar-refractivity contribution >= 4 is 21.7 Å². The second-order valence-electron chi connectivity index (χ2n) is 4.39. The number of aromatic nitrogens is 2. The molecule has 4 heteroatoms. The van der Waals surface area contributed by atoms with Crippen LogP contribution < -0.4 is 4.90 Å². The standard InChI is InChI=1S/C11H16BrN3/c1-8-3-4-15(6-9(8)2)11-5-10(12)13-7-14-11/h5,7-9H,3-4,6H2,1-2H3. The molecule has 1 aliphatic heterocycles. The fourth-order valence-corrected chi connectivity index (χ4v) is 2.26. The van der Waals surface area contributed by atoms with Crippen LogP contribution in [-0.2, 0) is 0 Å². The van der Waals surface area contributed by atoms with E-state index in [2.05, 4.69) is 44.6 Å². The Labute approximate surface area is 99.0 Å². The van der Waals surface area contributed by atoms with Crippen molar-refractivity contribution in [2.24, 2.45) is 11.8 Å². The van der Waals surface area contributed by atoms with E-state index in [9.17, 15) is 0 Å². The van der Waals surface area contributed by atoms with Crippen molar-refractivity contribution in [2.45, 2.75) is 20.3 Å². The summed E-state index contributed by atoms with van der Waals surface area (Å²) < 4.78 is 0.860. The van der Waals surface area contributed by atoms with E-state index in [0.717, 1.165) is 35.3 Å². The molecule has 15 heavy (non-hydrogen) atoms. The molecular formula is C11H16BrN3. The van der Waals surface area contributed by atoms with E-state index in [1.54, 1.807) is 6.33 Å². The van der Waals surface area contributed by atoms with Crippen molar-refractivity contribution in [3.05, 3.63) is 17.0 Å². The zero-order valence-electron chi connectivity index (χ0n) is 9.15. The number of rotatable bonds is 1. The predicted molar refractivity (Wildman–Crippen MR) is 64.9 cm³/mol. The van der Waals surface area contributed by atoms with Gasteiger partial charge < -0.3 is 4.90 Å². The minimum absolute atomic E-state index is 0.743. The molecule has 2 heterocycles. The average molecular weight is 270 g/mol. The van der Waals surface area contributed by atoms with Crippen LogP contribution in [0.25, 0.3) is 0 Å². The zero-order chi connectivity index (χ0) is 10.8. The van der Waals surface area contributed by atoms with Crippen molar-refractivity contribution in [2.75, 3.05) is 18.0 Å². The van der Waals surface area contributed by atoms with Crippen LogP contribution in [-0.4, -0.2) is 23.1 Å².